The van der Waals surface area contributed by atoms with Crippen molar-refractivity contribution in [3.05, 3.63) is 36.5 Å². The van der Waals surface area contributed by atoms with E-state index in [9.17, 15) is 0 Å². The Kier molecular flexibility index (Phi) is 2.50. The van der Waals surface area contributed by atoms with Gasteiger partial charge in [0.2, 0.25) is 0 Å². The van der Waals surface area contributed by atoms with Crippen molar-refractivity contribution in [2.45, 2.75) is 12.0 Å². The molecule has 3 atom stereocenters. The van der Waals surface area contributed by atoms with E-state index in [-0.39, 0.29) is 5.60 Å². The first-order valence-corrected chi connectivity index (χ1v) is 7.88. The van der Waals surface area contributed by atoms with E-state index in [2.05, 4.69) is 32.3 Å². The summed E-state index contributed by atoms with van der Waals surface area (Å²) >= 11 is 0. The zero-order valence-electron chi connectivity index (χ0n) is 12.3. The zero-order chi connectivity index (χ0) is 14.6. The van der Waals surface area contributed by atoms with Crippen molar-refractivity contribution in [2.75, 3.05) is 31.5 Å². The molecule has 1 unspecified atom stereocenters. The highest BCUT2D eigenvalue weighted by atomic mass is 16.5. The highest BCUT2D eigenvalue weighted by Crippen LogP contribution is 2.41. The Morgan fingerprint density at radius 1 is 1.27 bits per heavy atom. The van der Waals surface area contributed by atoms with E-state index in [1.807, 2.05) is 24.4 Å². The summed E-state index contributed by atoms with van der Waals surface area (Å²) in [6.45, 7) is 4.16. The van der Waals surface area contributed by atoms with E-state index < -0.39 is 0 Å². The number of aromatic nitrogens is 1. The maximum atomic E-state index is 6.22. The first-order valence-electron chi connectivity index (χ1n) is 7.88. The van der Waals surface area contributed by atoms with Gasteiger partial charge in [-0.3, -0.25) is 10.2 Å². The van der Waals surface area contributed by atoms with Gasteiger partial charge in [-0.05, 0) is 24.4 Å². The minimum absolute atomic E-state index is 0.0859. The van der Waals surface area contributed by atoms with Gasteiger partial charge in [0.05, 0.1) is 6.54 Å². The van der Waals surface area contributed by atoms with Crippen molar-refractivity contribution in [1.29, 1.82) is 0 Å². The third-order valence-corrected chi connectivity index (χ3v) is 5.16. The number of fused-ring (bicyclic) bond motifs is 4. The maximum absolute atomic E-state index is 6.22. The van der Waals surface area contributed by atoms with Crippen molar-refractivity contribution < 1.29 is 4.74 Å². The maximum Gasteiger partial charge on any atom is 0.291 e. The van der Waals surface area contributed by atoms with E-state index in [1.54, 1.807) is 0 Å². The minimum atomic E-state index is -0.0859. The Morgan fingerprint density at radius 2 is 2.18 bits per heavy atom. The molecule has 0 radical (unpaired) electrons. The number of aliphatic imine (C=N–C) groups is 1. The van der Waals surface area contributed by atoms with Crippen LogP contribution in [-0.2, 0) is 4.74 Å². The second kappa shape index (κ2) is 4.43. The van der Waals surface area contributed by atoms with Crippen LogP contribution in [0.2, 0.25) is 0 Å². The standard InChI is InChI=1S/C17H18N4O/c1-2-4-13-8-18-15(7-12(13)3-1)20-16-19-10-17(22-16)11-21-6-5-14(17)9-21/h1-4,7-8,14H,5-6,9-11H2,(H,18,19,20)/t14-,17-/m0/s1. The van der Waals surface area contributed by atoms with Crippen LogP contribution in [0.5, 0.6) is 0 Å². The van der Waals surface area contributed by atoms with Crippen molar-refractivity contribution in [3.63, 3.8) is 0 Å². The van der Waals surface area contributed by atoms with Gasteiger partial charge in [0, 0.05) is 30.6 Å². The van der Waals surface area contributed by atoms with Gasteiger partial charge >= 0.3 is 0 Å². The topological polar surface area (TPSA) is 49.8 Å². The fraction of sp³-hybridized carbons (Fsp3) is 0.412. The van der Waals surface area contributed by atoms with Crippen LogP contribution in [0.1, 0.15) is 6.42 Å². The molecule has 2 bridgehead atoms. The first-order chi connectivity index (χ1) is 10.8. The largest absolute Gasteiger partial charge is 0.455 e. The number of anilines is 1. The average Bonchev–Trinajstić information content (AvgIpc) is 3.24. The lowest BCUT2D eigenvalue weighted by molar-refractivity contribution is 0.0364. The van der Waals surface area contributed by atoms with Gasteiger partial charge in [-0.1, -0.05) is 24.3 Å². The number of amidine groups is 1. The number of pyridine rings is 1. The molecule has 0 aliphatic carbocycles. The normalized spacial score (nSPS) is 32.5. The smallest absolute Gasteiger partial charge is 0.291 e. The van der Waals surface area contributed by atoms with Crippen LogP contribution >= 0.6 is 0 Å². The summed E-state index contributed by atoms with van der Waals surface area (Å²) in [6, 6.07) is 10.9. The molecule has 4 heterocycles. The number of nitrogens with one attached hydrogen (secondary N) is 1. The molecule has 1 N–H and O–H groups in total. The zero-order valence-corrected chi connectivity index (χ0v) is 12.3. The van der Waals surface area contributed by atoms with E-state index in [0.29, 0.717) is 11.9 Å². The summed E-state index contributed by atoms with van der Waals surface area (Å²) in [4.78, 5) is 11.5. The lowest BCUT2D eigenvalue weighted by Gasteiger charge is -2.32. The number of hydrogen-bond donors (Lipinski definition) is 1. The van der Waals surface area contributed by atoms with E-state index >= 15 is 0 Å². The van der Waals surface area contributed by atoms with Crippen LogP contribution < -0.4 is 5.32 Å². The van der Waals surface area contributed by atoms with Gasteiger partial charge < -0.3 is 4.74 Å². The van der Waals surface area contributed by atoms with Crippen LogP contribution in [0.4, 0.5) is 5.82 Å². The lowest BCUT2D eigenvalue weighted by atomic mass is 9.88. The molecule has 22 heavy (non-hydrogen) atoms. The second-order valence-electron chi connectivity index (χ2n) is 6.55. The van der Waals surface area contributed by atoms with Crippen LogP contribution in [0.15, 0.2) is 41.5 Å². The molecule has 1 spiro atoms. The molecule has 1 aromatic heterocycles. The summed E-state index contributed by atoms with van der Waals surface area (Å²) in [6.07, 6.45) is 3.11. The first kappa shape index (κ1) is 12.4. The van der Waals surface area contributed by atoms with Gasteiger partial charge in [0.25, 0.3) is 6.02 Å². The molecule has 5 nitrogen and oxygen atoms in total. The number of nitrogens with zero attached hydrogens (tertiary/aromatic N) is 3. The number of hydrogen-bond acceptors (Lipinski definition) is 5. The van der Waals surface area contributed by atoms with E-state index in [4.69, 9.17) is 4.74 Å². The Morgan fingerprint density at radius 3 is 3.00 bits per heavy atom. The molecule has 112 valence electrons. The predicted octanol–water partition coefficient (Wildman–Crippen LogP) is 2.11. The second-order valence-corrected chi connectivity index (χ2v) is 6.55. The van der Waals surface area contributed by atoms with Crippen molar-refractivity contribution >= 4 is 22.6 Å². The fourth-order valence-electron chi connectivity index (χ4n) is 4.00. The molecule has 0 saturated carbocycles. The highest BCUT2D eigenvalue weighted by molar-refractivity contribution is 5.92. The molecule has 3 aliphatic heterocycles. The Labute approximate surface area is 129 Å². The van der Waals surface area contributed by atoms with Crippen molar-refractivity contribution in [2.24, 2.45) is 10.9 Å². The monoisotopic (exact) mass is 294 g/mol. The number of piperidine rings is 1. The molecule has 3 aliphatic rings. The molecule has 2 aromatic rings. The Hall–Kier alpha value is -2.14. The van der Waals surface area contributed by atoms with Gasteiger partial charge in [0.1, 0.15) is 11.4 Å². The molecular weight excluding hydrogens is 276 g/mol. The Balaban J connectivity index is 1.36. The average molecular weight is 294 g/mol. The highest BCUT2D eigenvalue weighted by Gasteiger charge is 2.54. The number of ether oxygens (including phenoxy) is 1. The van der Waals surface area contributed by atoms with Crippen molar-refractivity contribution in [1.82, 2.24) is 9.88 Å². The number of rotatable bonds is 1. The van der Waals surface area contributed by atoms with E-state index in [0.717, 1.165) is 30.8 Å². The van der Waals surface area contributed by atoms with Crippen LogP contribution in [0.25, 0.3) is 10.8 Å². The predicted molar refractivity (Wildman–Crippen MR) is 86.0 cm³/mol. The summed E-state index contributed by atoms with van der Waals surface area (Å²) in [7, 11) is 0. The summed E-state index contributed by atoms with van der Waals surface area (Å²) in [5.41, 5.74) is -0.0859. The third kappa shape index (κ3) is 1.82. The molecule has 2 fully saturated rings. The van der Waals surface area contributed by atoms with Gasteiger partial charge in [-0.25, -0.2) is 9.98 Å². The van der Waals surface area contributed by atoms with E-state index in [1.165, 1.54) is 18.4 Å². The SMILES string of the molecule is c1ccc2cc(NC3=NC[C@@]4(CN5CC[C@H]4C5)O3)ncc2c1. The lowest BCUT2D eigenvalue weighted by Crippen LogP contribution is -2.46. The van der Waals surface area contributed by atoms with Crippen molar-refractivity contribution in [3.8, 4) is 0 Å². The molecule has 5 rings (SSSR count). The fourth-order valence-corrected chi connectivity index (χ4v) is 4.00. The summed E-state index contributed by atoms with van der Waals surface area (Å²) < 4.78 is 6.22. The van der Waals surface area contributed by atoms with Crippen LogP contribution in [-0.4, -0.2) is 47.7 Å². The molecule has 1 aromatic carbocycles. The molecule has 0 amide bonds. The van der Waals surface area contributed by atoms with Gasteiger partial charge in [-0.15, -0.1) is 0 Å². The van der Waals surface area contributed by atoms with Gasteiger partial charge in [0.15, 0.2) is 0 Å². The summed E-state index contributed by atoms with van der Waals surface area (Å²) in [5, 5.41) is 5.55. The molecule has 5 heteroatoms. The van der Waals surface area contributed by atoms with Crippen LogP contribution in [0.3, 0.4) is 0 Å². The quantitative estimate of drug-likeness (QED) is 0.875. The van der Waals surface area contributed by atoms with Crippen LogP contribution in [0, 0.1) is 5.92 Å². The Bertz CT molecular complexity index is 774. The molecular formula is C17H18N4O. The third-order valence-electron chi connectivity index (χ3n) is 5.16. The van der Waals surface area contributed by atoms with Gasteiger partial charge in [-0.2, -0.15) is 0 Å². The minimum Gasteiger partial charge on any atom is -0.455 e. The molecule has 2 saturated heterocycles. The summed E-state index contributed by atoms with van der Waals surface area (Å²) in [5.74, 6) is 1.41. The number of benzene rings is 1.